The highest BCUT2D eigenvalue weighted by molar-refractivity contribution is 6.83. The summed E-state index contributed by atoms with van der Waals surface area (Å²) in [5.74, 6) is 0. The van der Waals surface area contributed by atoms with Crippen molar-refractivity contribution in [3.05, 3.63) is 11.2 Å². The number of allylic oxidation sites excluding steroid dienone is 1. The maximum Gasteiger partial charge on any atom is 0.169 e. The summed E-state index contributed by atoms with van der Waals surface area (Å²) in [6.45, 7) is 15.0. The van der Waals surface area contributed by atoms with Gasteiger partial charge in [0.05, 0.1) is 8.07 Å². The van der Waals surface area contributed by atoms with Crippen LogP contribution in [0.1, 0.15) is 27.2 Å². The molecule has 0 nitrogen and oxygen atoms in total. The van der Waals surface area contributed by atoms with Crippen LogP contribution in [-0.4, -0.2) is 14.8 Å². The predicted octanol–water partition coefficient (Wildman–Crippen LogP) is 4.27. The second-order valence-corrected chi connectivity index (χ2v) is 9.97. The number of rotatable bonds is 5. The third-order valence-corrected chi connectivity index (χ3v) is 3.77. The van der Waals surface area contributed by atoms with Crippen molar-refractivity contribution >= 4 is 14.8 Å². The molecule has 0 rings (SSSR count). The van der Waals surface area contributed by atoms with Crippen LogP contribution in [0.4, 0.5) is 0 Å². The van der Waals surface area contributed by atoms with Crippen molar-refractivity contribution in [1.29, 1.82) is 0 Å². The van der Waals surface area contributed by atoms with Crippen LogP contribution in [0.2, 0.25) is 32.3 Å². The highest BCUT2D eigenvalue weighted by atomic mass is 28.3. The molecule has 0 aliphatic carbocycles. The van der Waals surface area contributed by atoms with E-state index in [1.807, 2.05) is 0 Å². The summed E-state index contributed by atoms with van der Waals surface area (Å²) >= 11 is 0. The summed E-state index contributed by atoms with van der Waals surface area (Å²) in [6.07, 6.45) is 3.86. The molecule has 0 aromatic carbocycles. The summed E-state index contributed by atoms with van der Waals surface area (Å²) in [5.41, 5.74) is 4.31. The molecule has 0 aliphatic heterocycles. The standard InChI is InChI=1S/C11H25BSi/c1-7-11(10-13(4,5)6)12(8-2)9-3/h10H,7-9H2,1-6H3/b11-10+. The van der Waals surface area contributed by atoms with Crippen LogP contribution in [0.25, 0.3) is 0 Å². The molecule has 0 radical (unpaired) electrons. The molecule has 0 amide bonds. The maximum absolute atomic E-state index is 2.60. The van der Waals surface area contributed by atoms with Crippen LogP contribution in [0.3, 0.4) is 0 Å². The molecule has 76 valence electrons. The number of hydrogen-bond donors (Lipinski definition) is 0. The summed E-state index contributed by atoms with van der Waals surface area (Å²) in [4.78, 5) is 0. The van der Waals surface area contributed by atoms with E-state index in [4.69, 9.17) is 0 Å². The fourth-order valence-corrected chi connectivity index (χ4v) is 3.43. The first kappa shape index (κ1) is 13.0. The Kier molecular flexibility index (Phi) is 5.70. The molecule has 0 aromatic heterocycles. The van der Waals surface area contributed by atoms with Gasteiger partial charge in [0.15, 0.2) is 6.71 Å². The lowest BCUT2D eigenvalue weighted by molar-refractivity contribution is 1.15. The molecular formula is C11H25BSi. The Labute approximate surface area is 85.9 Å². The molecule has 0 saturated heterocycles. The van der Waals surface area contributed by atoms with Crippen molar-refractivity contribution in [3.8, 4) is 0 Å². The van der Waals surface area contributed by atoms with Crippen molar-refractivity contribution in [1.82, 2.24) is 0 Å². The van der Waals surface area contributed by atoms with Gasteiger partial charge in [-0.25, -0.2) is 0 Å². The second kappa shape index (κ2) is 5.69. The zero-order chi connectivity index (χ0) is 10.5. The van der Waals surface area contributed by atoms with Gasteiger partial charge in [-0.2, -0.15) is 0 Å². The van der Waals surface area contributed by atoms with Crippen LogP contribution in [0.5, 0.6) is 0 Å². The quantitative estimate of drug-likeness (QED) is 0.576. The molecule has 0 heterocycles. The second-order valence-electron chi connectivity index (χ2n) is 4.95. The fourth-order valence-electron chi connectivity index (χ4n) is 1.88. The van der Waals surface area contributed by atoms with E-state index in [0.29, 0.717) is 0 Å². The van der Waals surface area contributed by atoms with Gasteiger partial charge >= 0.3 is 0 Å². The molecule has 0 atom stereocenters. The Balaban J connectivity index is 4.57. The third kappa shape index (κ3) is 5.35. The Morgan fingerprint density at radius 2 is 1.54 bits per heavy atom. The van der Waals surface area contributed by atoms with E-state index >= 15 is 0 Å². The zero-order valence-corrected chi connectivity index (χ0v) is 11.3. The molecule has 0 N–H and O–H groups in total. The van der Waals surface area contributed by atoms with Crippen molar-refractivity contribution in [2.24, 2.45) is 0 Å². The SMILES string of the molecule is CCB(CC)/C(=C/[Si](C)(C)C)CC. The molecule has 2 heteroatoms. The molecule has 0 aromatic rings. The lowest BCUT2D eigenvalue weighted by Gasteiger charge is -2.18. The first-order valence-corrected chi connectivity index (χ1v) is 9.23. The summed E-state index contributed by atoms with van der Waals surface area (Å²) < 4.78 is 0. The molecule has 0 bridgehead atoms. The van der Waals surface area contributed by atoms with Gasteiger partial charge in [-0.3, -0.25) is 0 Å². The van der Waals surface area contributed by atoms with Crippen molar-refractivity contribution < 1.29 is 0 Å². The highest BCUT2D eigenvalue weighted by Gasteiger charge is 2.17. The Morgan fingerprint density at radius 3 is 1.77 bits per heavy atom. The fraction of sp³-hybridized carbons (Fsp3) is 0.818. The van der Waals surface area contributed by atoms with Crippen molar-refractivity contribution in [2.45, 2.75) is 59.5 Å². The monoisotopic (exact) mass is 196 g/mol. The van der Waals surface area contributed by atoms with Crippen LogP contribution >= 0.6 is 0 Å². The average molecular weight is 196 g/mol. The van der Waals surface area contributed by atoms with Gasteiger partial charge in [0.25, 0.3) is 0 Å². The summed E-state index contributed by atoms with van der Waals surface area (Å²) in [5, 5.41) is 0. The van der Waals surface area contributed by atoms with Crippen molar-refractivity contribution in [2.75, 3.05) is 0 Å². The largest absolute Gasteiger partial charge is 0.169 e. The number of hydrogen-bond acceptors (Lipinski definition) is 0. The molecule has 0 aliphatic rings. The van der Waals surface area contributed by atoms with E-state index in [2.05, 4.69) is 46.1 Å². The topological polar surface area (TPSA) is 0 Å². The molecule has 0 saturated carbocycles. The van der Waals surface area contributed by atoms with Gasteiger partial charge in [0.1, 0.15) is 0 Å². The van der Waals surface area contributed by atoms with Crippen LogP contribution in [0.15, 0.2) is 11.2 Å². The molecule has 13 heavy (non-hydrogen) atoms. The lowest BCUT2D eigenvalue weighted by atomic mass is 9.40. The third-order valence-electron chi connectivity index (χ3n) is 2.54. The Bertz CT molecular complexity index is 163. The first-order valence-electron chi connectivity index (χ1n) is 5.66. The van der Waals surface area contributed by atoms with E-state index in [9.17, 15) is 0 Å². The van der Waals surface area contributed by atoms with Gasteiger partial charge in [0.2, 0.25) is 0 Å². The molecule has 0 unspecified atom stereocenters. The highest BCUT2D eigenvalue weighted by Crippen LogP contribution is 2.17. The Morgan fingerprint density at radius 1 is 1.08 bits per heavy atom. The average Bonchev–Trinajstić information content (AvgIpc) is 2.02. The summed E-state index contributed by atoms with van der Waals surface area (Å²) in [7, 11) is -0.999. The minimum atomic E-state index is -0.999. The van der Waals surface area contributed by atoms with Gasteiger partial charge in [-0.05, 0) is 6.42 Å². The van der Waals surface area contributed by atoms with Gasteiger partial charge in [-0.15, -0.1) is 11.2 Å². The molecule has 0 fully saturated rings. The molecular weight excluding hydrogens is 171 g/mol. The van der Waals surface area contributed by atoms with Gasteiger partial charge < -0.3 is 0 Å². The van der Waals surface area contributed by atoms with Crippen LogP contribution in [0, 0.1) is 0 Å². The van der Waals surface area contributed by atoms with E-state index < -0.39 is 8.07 Å². The van der Waals surface area contributed by atoms with E-state index in [1.165, 1.54) is 19.1 Å². The predicted molar refractivity (Wildman–Crippen MR) is 68.4 cm³/mol. The maximum atomic E-state index is 2.60. The summed E-state index contributed by atoms with van der Waals surface area (Å²) in [6, 6.07) is 0. The lowest BCUT2D eigenvalue weighted by Crippen LogP contribution is -2.22. The molecule has 0 spiro atoms. The zero-order valence-electron chi connectivity index (χ0n) is 10.3. The van der Waals surface area contributed by atoms with Gasteiger partial charge in [0, 0.05) is 0 Å². The smallest absolute Gasteiger partial charge is 0.109 e. The van der Waals surface area contributed by atoms with Crippen LogP contribution in [-0.2, 0) is 0 Å². The normalized spacial score (nSPS) is 13.2. The van der Waals surface area contributed by atoms with Gasteiger partial charge in [-0.1, -0.05) is 53.1 Å². The van der Waals surface area contributed by atoms with E-state index in [1.54, 1.807) is 5.47 Å². The van der Waals surface area contributed by atoms with Crippen LogP contribution < -0.4 is 0 Å². The van der Waals surface area contributed by atoms with E-state index in [-0.39, 0.29) is 0 Å². The minimum Gasteiger partial charge on any atom is -0.109 e. The van der Waals surface area contributed by atoms with E-state index in [0.717, 1.165) is 6.71 Å². The minimum absolute atomic E-state index is 0.844. The first-order chi connectivity index (χ1) is 5.94. The van der Waals surface area contributed by atoms with Crippen molar-refractivity contribution in [3.63, 3.8) is 0 Å². The Hall–Kier alpha value is 0.0218.